The Labute approximate surface area is 132 Å². The van der Waals surface area contributed by atoms with Crippen LogP contribution in [0.15, 0.2) is 6.20 Å². The molecule has 0 aromatic carbocycles. The Kier molecular flexibility index (Phi) is 9.57. The van der Waals surface area contributed by atoms with Crippen molar-refractivity contribution in [3.05, 3.63) is 15.5 Å². The van der Waals surface area contributed by atoms with E-state index in [0.717, 1.165) is 10.2 Å². The molecule has 0 spiro atoms. The molecule has 2 nitrogen and oxygen atoms in total. The number of hydrogen-bond acceptors (Lipinski definition) is 1. The number of aryl methyl sites for hydroxylation is 2. The maximum Gasteiger partial charge on any atom is 0.126 e. The van der Waals surface area contributed by atoms with Crippen LogP contribution >= 0.6 is 22.6 Å². The minimum Gasteiger partial charge on any atom is -0.271 e. The second-order valence-corrected chi connectivity index (χ2v) is 6.57. The van der Waals surface area contributed by atoms with Crippen molar-refractivity contribution in [1.82, 2.24) is 9.78 Å². The lowest BCUT2D eigenvalue weighted by molar-refractivity contribution is 0.514. The Morgan fingerprint density at radius 1 is 0.947 bits per heavy atom. The lowest BCUT2D eigenvalue weighted by atomic mass is 10.1. The maximum absolute atomic E-state index is 4.49. The zero-order valence-electron chi connectivity index (χ0n) is 12.6. The van der Waals surface area contributed by atoms with Crippen molar-refractivity contribution >= 4 is 22.6 Å². The van der Waals surface area contributed by atoms with Crippen LogP contribution < -0.4 is 0 Å². The summed E-state index contributed by atoms with van der Waals surface area (Å²) >= 11 is 2.31. The fourth-order valence-corrected chi connectivity index (χ4v) is 2.79. The average molecular weight is 376 g/mol. The van der Waals surface area contributed by atoms with Gasteiger partial charge in [0.1, 0.15) is 3.70 Å². The zero-order chi connectivity index (χ0) is 13.9. The Balaban J connectivity index is 1.88. The summed E-state index contributed by atoms with van der Waals surface area (Å²) in [6.45, 7) is 5.49. The molecular weight excluding hydrogens is 347 g/mol. The molecule has 1 heterocycles. The highest BCUT2D eigenvalue weighted by atomic mass is 127. The molecule has 0 amide bonds. The first kappa shape index (κ1) is 17.0. The van der Waals surface area contributed by atoms with E-state index in [1.807, 2.05) is 0 Å². The molecule has 0 unspecified atom stereocenters. The molecule has 0 aliphatic carbocycles. The summed E-state index contributed by atoms with van der Waals surface area (Å²) in [5, 5.41) is 4.49. The molecular formula is C16H29IN2. The summed E-state index contributed by atoms with van der Waals surface area (Å²) in [5.41, 5.74) is 1.30. The molecule has 0 fully saturated rings. The van der Waals surface area contributed by atoms with E-state index in [-0.39, 0.29) is 0 Å². The van der Waals surface area contributed by atoms with Crippen LogP contribution in [0.1, 0.15) is 76.7 Å². The number of rotatable bonds is 11. The predicted molar refractivity (Wildman–Crippen MR) is 91.5 cm³/mol. The highest BCUT2D eigenvalue weighted by Crippen LogP contribution is 2.12. The SMILES string of the molecule is CCCCCCCCCCCCn1cc(C)c(I)n1. The van der Waals surface area contributed by atoms with Crippen molar-refractivity contribution in [3.63, 3.8) is 0 Å². The second kappa shape index (κ2) is 10.7. The molecule has 1 aromatic rings. The van der Waals surface area contributed by atoms with Crippen molar-refractivity contribution in [2.24, 2.45) is 0 Å². The molecule has 0 aliphatic heterocycles. The summed E-state index contributed by atoms with van der Waals surface area (Å²) < 4.78 is 3.24. The van der Waals surface area contributed by atoms with Crippen LogP contribution in [0.5, 0.6) is 0 Å². The van der Waals surface area contributed by atoms with Gasteiger partial charge >= 0.3 is 0 Å². The highest BCUT2D eigenvalue weighted by Gasteiger charge is 2.00. The fourth-order valence-electron chi connectivity index (χ4n) is 2.37. The number of aromatic nitrogens is 2. The Hall–Kier alpha value is -0.0600. The minimum atomic E-state index is 1.08. The Morgan fingerprint density at radius 3 is 1.95 bits per heavy atom. The van der Waals surface area contributed by atoms with Crippen molar-refractivity contribution in [2.75, 3.05) is 0 Å². The molecule has 3 heteroatoms. The van der Waals surface area contributed by atoms with E-state index < -0.39 is 0 Å². The van der Waals surface area contributed by atoms with Gasteiger partial charge in [-0.15, -0.1) is 0 Å². The summed E-state index contributed by atoms with van der Waals surface area (Å²) in [5.74, 6) is 0. The third-order valence-electron chi connectivity index (χ3n) is 3.63. The van der Waals surface area contributed by atoms with Crippen molar-refractivity contribution in [3.8, 4) is 0 Å². The molecule has 0 bridgehead atoms. The van der Waals surface area contributed by atoms with Gasteiger partial charge in [0.2, 0.25) is 0 Å². The van der Waals surface area contributed by atoms with Gasteiger partial charge in [0.25, 0.3) is 0 Å². The van der Waals surface area contributed by atoms with Gasteiger partial charge in [-0.2, -0.15) is 5.10 Å². The van der Waals surface area contributed by atoms with Crippen LogP contribution in [0.2, 0.25) is 0 Å². The van der Waals surface area contributed by atoms with Crippen LogP contribution in [0.3, 0.4) is 0 Å². The first-order valence-electron chi connectivity index (χ1n) is 7.93. The first-order valence-corrected chi connectivity index (χ1v) is 9.01. The molecule has 1 rings (SSSR count). The van der Waals surface area contributed by atoms with Crippen LogP contribution in [-0.2, 0) is 6.54 Å². The smallest absolute Gasteiger partial charge is 0.126 e. The summed E-state index contributed by atoms with van der Waals surface area (Å²) in [7, 11) is 0. The molecule has 0 N–H and O–H groups in total. The molecule has 0 saturated carbocycles. The third kappa shape index (κ3) is 7.95. The van der Waals surface area contributed by atoms with Crippen LogP contribution in [0.25, 0.3) is 0 Å². The predicted octanol–water partition coefficient (Wildman–Crippen LogP) is 5.72. The lowest BCUT2D eigenvalue weighted by Crippen LogP contribution is -1.98. The van der Waals surface area contributed by atoms with E-state index in [9.17, 15) is 0 Å². The van der Waals surface area contributed by atoms with Gasteiger partial charge in [0, 0.05) is 18.3 Å². The third-order valence-corrected chi connectivity index (χ3v) is 4.69. The average Bonchev–Trinajstić information content (AvgIpc) is 2.71. The molecule has 0 atom stereocenters. The quantitative estimate of drug-likeness (QED) is 0.357. The van der Waals surface area contributed by atoms with E-state index >= 15 is 0 Å². The van der Waals surface area contributed by atoms with Gasteiger partial charge in [0.05, 0.1) is 0 Å². The van der Waals surface area contributed by atoms with Crippen molar-refractivity contribution in [1.29, 1.82) is 0 Å². The first-order chi connectivity index (χ1) is 9.24. The molecule has 0 radical (unpaired) electrons. The normalized spacial score (nSPS) is 11.1. The molecule has 110 valence electrons. The van der Waals surface area contributed by atoms with Gasteiger partial charge in [-0.1, -0.05) is 64.7 Å². The van der Waals surface area contributed by atoms with E-state index in [2.05, 4.69) is 52.4 Å². The van der Waals surface area contributed by atoms with E-state index in [0.29, 0.717) is 0 Å². The maximum atomic E-state index is 4.49. The molecule has 0 saturated heterocycles. The van der Waals surface area contributed by atoms with Gasteiger partial charge in [0.15, 0.2) is 0 Å². The monoisotopic (exact) mass is 376 g/mol. The standard InChI is InChI=1S/C16H29IN2/c1-3-4-5-6-7-8-9-10-11-12-13-19-14-15(2)16(17)18-19/h14H,3-13H2,1-2H3. The minimum absolute atomic E-state index is 1.08. The van der Waals surface area contributed by atoms with Gasteiger partial charge in [-0.25, -0.2) is 0 Å². The Morgan fingerprint density at radius 2 is 1.47 bits per heavy atom. The van der Waals surface area contributed by atoms with Crippen LogP contribution in [-0.4, -0.2) is 9.78 Å². The topological polar surface area (TPSA) is 17.8 Å². The number of nitrogens with zero attached hydrogens (tertiary/aromatic N) is 2. The second-order valence-electron chi connectivity index (χ2n) is 5.55. The van der Waals surface area contributed by atoms with Crippen LogP contribution in [0.4, 0.5) is 0 Å². The lowest BCUT2D eigenvalue weighted by Gasteiger charge is -2.03. The number of halogens is 1. The van der Waals surface area contributed by atoms with E-state index in [1.54, 1.807) is 0 Å². The van der Waals surface area contributed by atoms with Crippen molar-refractivity contribution in [2.45, 2.75) is 84.6 Å². The molecule has 0 aliphatic rings. The van der Waals surface area contributed by atoms with Gasteiger partial charge < -0.3 is 0 Å². The van der Waals surface area contributed by atoms with Crippen LogP contribution in [0, 0.1) is 10.6 Å². The largest absolute Gasteiger partial charge is 0.271 e. The van der Waals surface area contributed by atoms with E-state index in [4.69, 9.17) is 0 Å². The molecule has 1 aromatic heterocycles. The number of hydrogen-bond donors (Lipinski definition) is 0. The summed E-state index contributed by atoms with van der Waals surface area (Å²) in [6.07, 6.45) is 16.1. The van der Waals surface area contributed by atoms with Gasteiger partial charge in [-0.3, -0.25) is 4.68 Å². The van der Waals surface area contributed by atoms with Crippen molar-refractivity contribution < 1.29 is 0 Å². The van der Waals surface area contributed by atoms with Gasteiger partial charge in [-0.05, 0) is 35.9 Å². The number of unbranched alkanes of at least 4 members (excludes halogenated alkanes) is 9. The summed E-state index contributed by atoms with van der Waals surface area (Å²) in [6, 6.07) is 0. The zero-order valence-corrected chi connectivity index (χ0v) is 14.8. The Bertz CT molecular complexity index is 314. The highest BCUT2D eigenvalue weighted by molar-refractivity contribution is 14.1. The molecule has 19 heavy (non-hydrogen) atoms. The van der Waals surface area contributed by atoms with E-state index in [1.165, 1.54) is 69.8 Å². The summed E-state index contributed by atoms with van der Waals surface area (Å²) in [4.78, 5) is 0. The fraction of sp³-hybridized carbons (Fsp3) is 0.812.